The number of nitrogens with one attached hydrogen (secondary N) is 1. The highest BCUT2D eigenvalue weighted by Gasteiger charge is 2.20. The van der Waals surface area contributed by atoms with Gasteiger partial charge in [-0.05, 0) is 37.1 Å². The molecule has 3 aromatic rings. The van der Waals surface area contributed by atoms with Crippen molar-refractivity contribution in [3.8, 4) is 0 Å². The van der Waals surface area contributed by atoms with Crippen LogP contribution in [0, 0.1) is 0 Å². The molecule has 2 aromatic carbocycles. The maximum Gasteiger partial charge on any atom is 0.287 e. The fourth-order valence-corrected chi connectivity index (χ4v) is 2.81. The number of amides is 1. The van der Waals surface area contributed by atoms with E-state index in [4.69, 9.17) is 20.8 Å². The Balaban J connectivity index is 1.71. The van der Waals surface area contributed by atoms with Gasteiger partial charge in [-0.15, -0.1) is 0 Å². The summed E-state index contributed by atoms with van der Waals surface area (Å²) in [5.41, 5.74) is 2.60. The Morgan fingerprint density at radius 2 is 1.92 bits per heavy atom. The van der Waals surface area contributed by atoms with Gasteiger partial charge in [0.15, 0.2) is 5.76 Å². The van der Waals surface area contributed by atoms with Gasteiger partial charge in [-0.3, -0.25) is 4.79 Å². The van der Waals surface area contributed by atoms with Crippen molar-refractivity contribution in [1.82, 2.24) is 5.32 Å². The summed E-state index contributed by atoms with van der Waals surface area (Å²) in [5, 5.41) is 4.54. The molecule has 4 nitrogen and oxygen atoms in total. The first-order valence-electron chi connectivity index (χ1n) is 8.30. The Morgan fingerprint density at radius 1 is 1.16 bits per heavy atom. The van der Waals surface area contributed by atoms with E-state index in [9.17, 15) is 4.79 Å². The van der Waals surface area contributed by atoms with Crippen LogP contribution in [0.15, 0.2) is 52.9 Å². The van der Waals surface area contributed by atoms with Gasteiger partial charge in [0.2, 0.25) is 0 Å². The van der Waals surface area contributed by atoms with Gasteiger partial charge in [0.1, 0.15) is 5.58 Å². The zero-order chi connectivity index (χ0) is 17.6. The molecular formula is C20H20ClNO3. The molecule has 0 unspecified atom stereocenters. The molecule has 130 valence electrons. The standard InChI is InChI=1S/C20H20ClNO3/c1-2-24-13-17-16-5-3-4-6-18(16)25-19(17)20(23)22-12-11-14-7-9-15(21)10-8-14/h3-10H,2,11-13H2,1H3,(H,22,23). The van der Waals surface area contributed by atoms with Crippen molar-refractivity contribution in [2.75, 3.05) is 13.2 Å². The summed E-state index contributed by atoms with van der Waals surface area (Å²) >= 11 is 5.88. The van der Waals surface area contributed by atoms with Crippen molar-refractivity contribution in [1.29, 1.82) is 0 Å². The van der Waals surface area contributed by atoms with Crippen molar-refractivity contribution in [3.63, 3.8) is 0 Å². The van der Waals surface area contributed by atoms with Gasteiger partial charge in [-0.25, -0.2) is 0 Å². The lowest BCUT2D eigenvalue weighted by Crippen LogP contribution is -2.26. The minimum Gasteiger partial charge on any atom is -0.451 e. The number of benzene rings is 2. The van der Waals surface area contributed by atoms with Gasteiger partial charge in [0.25, 0.3) is 5.91 Å². The van der Waals surface area contributed by atoms with Crippen LogP contribution in [0.3, 0.4) is 0 Å². The van der Waals surface area contributed by atoms with Gasteiger partial charge in [0, 0.05) is 29.1 Å². The maximum atomic E-state index is 12.6. The topological polar surface area (TPSA) is 51.5 Å². The quantitative estimate of drug-likeness (QED) is 0.672. The number of halogens is 1. The summed E-state index contributed by atoms with van der Waals surface area (Å²) in [6.45, 7) is 3.38. The molecular weight excluding hydrogens is 338 g/mol. The average Bonchev–Trinajstić information content (AvgIpc) is 3.00. The molecule has 0 radical (unpaired) electrons. The molecule has 1 aromatic heterocycles. The van der Waals surface area contributed by atoms with Crippen LogP contribution in [0.5, 0.6) is 0 Å². The number of fused-ring (bicyclic) bond motifs is 1. The summed E-state index contributed by atoms with van der Waals surface area (Å²) in [6, 6.07) is 15.2. The van der Waals surface area contributed by atoms with E-state index in [2.05, 4.69) is 5.32 Å². The fraction of sp³-hybridized carbons (Fsp3) is 0.250. The highest BCUT2D eigenvalue weighted by atomic mass is 35.5. The van der Waals surface area contributed by atoms with Crippen LogP contribution in [0.25, 0.3) is 11.0 Å². The normalized spacial score (nSPS) is 11.0. The zero-order valence-electron chi connectivity index (χ0n) is 14.0. The van der Waals surface area contributed by atoms with Gasteiger partial charge in [-0.1, -0.05) is 41.9 Å². The van der Waals surface area contributed by atoms with Crippen molar-refractivity contribution in [3.05, 3.63) is 70.4 Å². The number of furan rings is 1. The summed E-state index contributed by atoms with van der Waals surface area (Å²) in [4.78, 5) is 12.6. The largest absolute Gasteiger partial charge is 0.451 e. The van der Waals surface area contributed by atoms with E-state index in [1.807, 2.05) is 55.5 Å². The van der Waals surface area contributed by atoms with Crippen LogP contribution in [0.1, 0.15) is 28.6 Å². The molecule has 0 saturated carbocycles. The maximum absolute atomic E-state index is 12.6. The van der Waals surface area contributed by atoms with Crippen LogP contribution < -0.4 is 5.32 Å². The third kappa shape index (κ3) is 4.21. The van der Waals surface area contributed by atoms with Crippen molar-refractivity contribution < 1.29 is 13.9 Å². The van der Waals surface area contributed by atoms with Gasteiger partial charge >= 0.3 is 0 Å². The molecule has 3 rings (SSSR count). The van der Waals surface area contributed by atoms with Crippen LogP contribution >= 0.6 is 11.6 Å². The minimum atomic E-state index is -0.222. The Morgan fingerprint density at radius 3 is 2.68 bits per heavy atom. The predicted octanol–water partition coefficient (Wildman–Crippen LogP) is 4.60. The number of para-hydroxylation sites is 1. The van der Waals surface area contributed by atoms with Crippen LogP contribution in [0.4, 0.5) is 0 Å². The summed E-state index contributed by atoms with van der Waals surface area (Å²) in [6.07, 6.45) is 0.726. The lowest BCUT2D eigenvalue weighted by Gasteiger charge is -2.06. The van der Waals surface area contributed by atoms with E-state index in [0.717, 1.165) is 22.9 Å². The SMILES string of the molecule is CCOCc1c(C(=O)NCCc2ccc(Cl)cc2)oc2ccccc12. The zero-order valence-corrected chi connectivity index (χ0v) is 14.8. The number of carbonyl (C=O) groups is 1. The van der Waals surface area contributed by atoms with E-state index in [-0.39, 0.29) is 5.91 Å². The third-order valence-electron chi connectivity index (χ3n) is 3.97. The molecule has 0 fully saturated rings. The first-order chi connectivity index (χ1) is 12.2. The molecule has 0 saturated heterocycles. The number of rotatable bonds is 7. The molecule has 0 aliphatic carbocycles. The minimum absolute atomic E-state index is 0.222. The van der Waals surface area contributed by atoms with Crippen molar-refractivity contribution in [2.45, 2.75) is 20.0 Å². The second-order valence-electron chi connectivity index (χ2n) is 5.68. The van der Waals surface area contributed by atoms with E-state index >= 15 is 0 Å². The Labute approximate surface area is 151 Å². The highest BCUT2D eigenvalue weighted by molar-refractivity contribution is 6.30. The molecule has 0 spiro atoms. The van der Waals surface area contributed by atoms with E-state index in [0.29, 0.717) is 36.1 Å². The predicted molar refractivity (Wildman–Crippen MR) is 99.0 cm³/mol. The Kier molecular flexibility index (Phi) is 5.74. The number of hydrogen-bond donors (Lipinski definition) is 1. The lowest BCUT2D eigenvalue weighted by atomic mass is 10.1. The molecule has 1 amide bonds. The van der Waals surface area contributed by atoms with E-state index < -0.39 is 0 Å². The molecule has 1 heterocycles. The first-order valence-corrected chi connectivity index (χ1v) is 8.67. The van der Waals surface area contributed by atoms with Crippen LogP contribution in [0.2, 0.25) is 5.02 Å². The van der Waals surface area contributed by atoms with Gasteiger partial charge in [-0.2, -0.15) is 0 Å². The molecule has 0 aliphatic rings. The van der Waals surface area contributed by atoms with Crippen molar-refractivity contribution >= 4 is 28.5 Å². The van der Waals surface area contributed by atoms with Crippen molar-refractivity contribution in [2.24, 2.45) is 0 Å². The van der Waals surface area contributed by atoms with E-state index in [1.54, 1.807) is 0 Å². The highest BCUT2D eigenvalue weighted by Crippen LogP contribution is 2.26. The first kappa shape index (κ1) is 17.5. The molecule has 0 atom stereocenters. The third-order valence-corrected chi connectivity index (χ3v) is 4.22. The Hall–Kier alpha value is -2.30. The summed E-state index contributed by atoms with van der Waals surface area (Å²) < 4.78 is 11.3. The molecule has 0 bridgehead atoms. The van der Waals surface area contributed by atoms with E-state index in [1.165, 1.54) is 0 Å². The van der Waals surface area contributed by atoms with Gasteiger partial charge < -0.3 is 14.5 Å². The van der Waals surface area contributed by atoms with Crippen LogP contribution in [-0.2, 0) is 17.8 Å². The molecule has 0 aliphatic heterocycles. The summed E-state index contributed by atoms with van der Waals surface area (Å²) in [5.74, 6) is 0.102. The smallest absolute Gasteiger partial charge is 0.287 e. The molecule has 5 heteroatoms. The van der Waals surface area contributed by atoms with Crippen LogP contribution in [-0.4, -0.2) is 19.1 Å². The lowest BCUT2D eigenvalue weighted by molar-refractivity contribution is 0.0915. The second kappa shape index (κ2) is 8.19. The number of carbonyl (C=O) groups excluding carboxylic acids is 1. The monoisotopic (exact) mass is 357 g/mol. The number of ether oxygens (including phenoxy) is 1. The number of hydrogen-bond acceptors (Lipinski definition) is 3. The second-order valence-corrected chi connectivity index (χ2v) is 6.11. The molecule has 1 N–H and O–H groups in total. The average molecular weight is 358 g/mol. The molecule has 25 heavy (non-hydrogen) atoms. The summed E-state index contributed by atoms with van der Waals surface area (Å²) in [7, 11) is 0. The van der Waals surface area contributed by atoms with Gasteiger partial charge in [0.05, 0.1) is 6.61 Å². The fourth-order valence-electron chi connectivity index (χ4n) is 2.68. The Bertz CT molecular complexity index is 855.